The molecular weight excluding hydrogens is 367 g/mol. The van der Waals surface area contributed by atoms with Crippen molar-refractivity contribution in [3.05, 3.63) is 46.9 Å². The molecule has 0 saturated carbocycles. The molecule has 132 valence electrons. The van der Waals surface area contributed by atoms with Crippen molar-refractivity contribution in [1.82, 2.24) is 15.2 Å². The summed E-state index contributed by atoms with van der Waals surface area (Å²) in [5, 5.41) is 10.1. The molecule has 0 saturated heterocycles. The maximum atomic E-state index is 12.7. The Hall–Kier alpha value is -2.56. The van der Waals surface area contributed by atoms with Gasteiger partial charge < -0.3 is 9.73 Å². The second-order valence-corrected chi connectivity index (χ2v) is 5.91. The van der Waals surface area contributed by atoms with E-state index in [1.165, 1.54) is 18.3 Å². The number of alkyl halides is 5. The Bertz CT molecular complexity index is 861. The number of halogens is 5. The molecule has 0 aliphatic carbocycles. The van der Waals surface area contributed by atoms with Crippen LogP contribution in [0.1, 0.15) is 22.9 Å². The van der Waals surface area contributed by atoms with Crippen LogP contribution in [0.2, 0.25) is 0 Å². The smallest absolute Gasteiger partial charge is 0.414 e. The van der Waals surface area contributed by atoms with Gasteiger partial charge in [0.25, 0.3) is 11.8 Å². The van der Waals surface area contributed by atoms with E-state index in [0.717, 1.165) is 23.5 Å². The molecule has 0 fully saturated rings. The van der Waals surface area contributed by atoms with Crippen LogP contribution in [0.25, 0.3) is 10.8 Å². The quantitative estimate of drug-likeness (QED) is 0.651. The number of benzene rings is 1. The summed E-state index contributed by atoms with van der Waals surface area (Å²) in [6.45, 7) is 0.155. The largest absolute Gasteiger partial charge is 0.416 e. The van der Waals surface area contributed by atoms with Gasteiger partial charge in [0, 0.05) is 5.69 Å². The molecule has 0 spiro atoms. The zero-order chi connectivity index (χ0) is 18.0. The van der Waals surface area contributed by atoms with Crippen LogP contribution in [0.15, 0.2) is 34.9 Å². The summed E-state index contributed by atoms with van der Waals surface area (Å²) in [6.07, 6.45) is -5.92. The molecule has 25 heavy (non-hydrogen) atoms. The van der Waals surface area contributed by atoms with E-state index in [1.807, 2.05) is 0 Å². The summed E-state index contributed by atoms with van der Waals surface area (Å²) < 4.78 is 67.7. The van der Waals surface area contributed by atoms with Gasteiger partial charge in [-0.15, -0.1) is 21.5 Å². The third-order valence-electron chi connectivity index (χ3n) is 3.03. The van der Waals surface area contributed by atoms with Gasteiger partial charge >= 0.3 is 12.6 Å². The Morgan fingerprint density at radius 3 is 2.68 bits per heavy atom. The van der Waals surface area contributed by atoms with E-state index in [9.17, 15) is 22.0 Å². The monoisotopic (exact) mass is 376 g/mol. The van der Waals surface area contributed by atoms with Crippen LogP contribution in [-0.2, 0) is 12.7 Å². The van der Waals surface area contributed by atoms with Crippen molar-refractivity contribution in [2.24, 2.45) is 0 Å². The first-order valence-electron chi connectivity index (χ1n) is 6.80. The lowest BCUT2D eigenvalue weighted by molar-refractivity contribution is -0.137. The lowest BCUT2D eigenvalue weighted by atomic mass is 10.2. The second-order valence-electron chi connectivity index (χ2n) is 4.80. The van der Waals surface area contributed by atoms with E-state index in [2.05, 4.69) is 20.5 Å². The van der Waals surface area contributed by atoms with Crippen molar-refractivity contribution >= 4 is 17.0 Å². The Morgan fingerprint density at radius 1 is 1.20 bits per heavy atom. The highest BCUT2D eigenvalue weighted by atomic mass is 32.1. The second kappa shape index (κ2) is 6.75. The van der Waals surface area contributed by atoms with Crippen molar-refractivity contribution in [2.75, 3.05) is 5.32 Å². The van der Waals surface area contributed by atoms with Crippen LogP contribution in [0.3, 0.4) is 0 Å². The molecule has 0 bridgehead atoms. The summed E-state index contributed by atoms with van der Waals surface area (Å²) >= 11 is 1.10. The number of hydrogen-bond acceptors (Lipinski definition) is 6. The first-order chi connectivity index (χ1) is 11.8. The number of rotatable bonds is 5. The Morgan fingerprint density at radius 2 is 2.00 bits per heavy atom. The lowest BCUT2D eigenvalue weighted by Crippen LogP contribution is -2.06. The fourth-order valence-electron chi connectivity index (χ4n) is 1.90. The van der Waals surface area contributed by atoms with Crippen molar-refractivity contribution in [2.45, 2.75) is 19.1 Å². The molecular formula is C14H9F5N4OS. The standard InChI is InChI=1S/C14H9F5N4OS/c15-11(16)13-23-22-12(24-13)9-5-21-10(25-9)6-20-8-3-1-2-7(4-8)14(17,18)19/h1-5,11,20H,6H2. The van der Waals surface area contributed by atoms with Gasteiger partial charge in [-0.25, -0.2) is 4.98 Å². The zero-order valence-electron chi connectivity index (χ0n) is 12.2. The summed E-state index contributed by atoms with van der Waals surface area (Å²) in [5.41, 5.74) is -0.480. The van der Waals surface area contributed by atoms with Crippen LogP contribution >= 0.6 is 11.3 Å². The minimum absolute atomic E-state index is 0.0851. The molecule has 11 heteroatoms. The Balaban J connectivity index is 1.68. The number of nitrogens with zero attached hydrogens (tertiary/aromatic N) is 3. The third kappa shape index (κ3) is 4.10. The number of hydrogen-bond donors (Lipinski definition) is 1. The predicted octanol–water partition coefficient (Wildman–Crippen LogP) is 4.76. The van der Waals surface area contributed by atoms with Crippen molar-refractivity contribution < 1.29 is 26.4 Å². The Kier molecular flexibility index (Phi) is 4.66. The molecule has 0 unspecified atom stereocenters. The van der Waals surface area contributed by atoms with Crippen LogP contribution in [0, 0.1) is 0 Å². The lowest BCUT2D eigenvalue weighted by Gasteiger charge is -2.09. The van der Waals surface area contributed by atoms with E-state index < -0.39 is 24.1 Å². The highest BCUT2D eigenvalue weighted by Gasteiger charge is 2.30. The van der Waals surface area contributed by atoms with Crippen LogP contribution in [0.4, 0.5) is 27.6 Å². The molecule has 5 nitrogen and oxygen atoms in total. The van der Waals surface area contributed by atoms with E-state index in [1.54, 1.807) is 0 Å². The van der Waals surface area contributed by atoms with Gasteiger partial charge in [0.15, 0.2) is 0 Å². The summed E-state index contributed by atoms with van der Waals surface area (Å²) in [7, 11) is 0. The van der Waals surface area contributed by atoms with Gasteiger partial charge in [0.05, 0.1) is 18.3 Å². The average Bonchev–Trinajstić information content (AvgIpc) is 3.21. The maximum absolute atomic E-state index is 12.7. The van der Waals surface area contributed by atoms with Gasteiger partial charge in [-0.2, -0.15) is 22.0 Å². The highest BCUT2D eigenvalue weighted by Crippen LogP contribution is 2.31. The topological polar surface area (TPSA) is 63.8 Å². The zero-order valence-corrected chi connectivity index (χ0v) is 13.0. The fraction of sp³-hybridized carbons (Fsp3) is 0.214. The molecule has 0 aliphatic rings. The van der Waals surface area contributed by atoms with E-state index in [-0.39, 0.29) is 18.1 Å². The van der Waals surface area contributed by atoms with E-state index in [4.69, 9.17) is 4.42 Å². The normalized spacial score (nSPS) is 11.9. The Labute approximate surface area is 141 Å². The predicted molar refractivity (Wildman–Crippen MR) is 79.1 cm³/mol. The summed E-state index contributed by atoms with van der Waals surface area (Å²) in [6, 6.07) is 4.75. The van der Waals surface area contributed by atoms with Crippen molar-refractivity contribution in [1.29, 1.82) is 0 Å². The molecule has 2 heterocycles. The van der Waals surface area contributed by atoms with Crippen molar-refractivity contribution in [3.8, 4) is 10.8 Å². The van der Waals surface area contributed by atoms with E-state index >= 15 is 0 Å². The molecule has 0 atom stereocenters. The SMILES string of the molecule is FC(F)c1nnc(-c2cnc(CNc3cccc(C(F)(F)F)c3)s2)o1. The minimum atomic E-state index is -4.42. The molecule has 1 N–H and O–H groups in total. The number of nitrogens with one attached hydrogen (secondary N) is 1. The van der Waals surface area contributed by atoms with Gasteiger partial charge in [0.2, 0.25) is 0 Å². The first-order valence-corrected chi connectivity index (χ1v) is 7.62. The summed E-state index contributed by atoms with van der Waals surface area (Å²) in [4.78, 5) is 4.44. The molecule has 3 rings (SSSR count). The molecule has 0 radical (unpaired) electrons. The molecule has 1 aromatic carbocycles. The minimum Gasteiger partial charge on any atom is -0.414 e. The highest BCUT2D eigenvalue weighted by molar-refractivity contribution is 7.15. The van der Waals surface area contributed by atoms with Gasteiger partial charge in [0.1, 0.15) is 9.88 Å². The van der Waals surface area contributed by atoms with E-state index in [0.29, 0.717) is 9.88 Å². The summed E-state index contributed by atoms with van der Waals surface area (Å²) in [5.74, 6) is -0.870. The number of thiazole rings is 1. The van der Waals surface area contributed by atoms with Crippen LogP contribution < -0.4 is 5.32 Å². The fourth-order valence-corrected chi connectivity index (χ4v) is 2.68. The molecule has 0 aliphatic heterocycles. The number of aromatic nitrogens is 3. The number of anilines is 1. The maximum Gasteiger partial charge on any atom is 0.416 e. The molecule has 0 amide bonds. The first kappa shape index (κ1) is 17.3. The average molecular weight is 376 g/mol. The molecule has 2 aromatic heterocycles. The van der Waals surface area contributed by atoms with Crippen molar-refractivity contribution in [3.63, 3.8) is 0 Å². The molecule has 3 aromatic rings. The van der Waals surface area contributed by atoms with Crippen LogP contribution in [-0.4, -0.2) is 15.2 Å². The third-order valence-corrected chi connectivity index (χ3v) is 4.01. The van der Waals surface area contributed by atoms with Gasteiger partial charge in [-0.05, 0) is 18.2 Å². The van der Waals surface area contributed by atoms with Crippen LogP contribution in [0.5, 0.6) is 0 Å². The van der Waals surface area contributed by atoms with Gasteiger partial charge in [-0.3, -0.25) is 0 Å². The van der Waals surface area contributed by atoms with Gasteiger partial charge in [-0.1, -0.05) is 6.07 Å².